The summed E-state index contributed by atoms with van der Waals surface area (Å²) >= 11 is 1.30. The van der Waals surface area contributed by atoms with Crippen LogP contribution in [0.4, 0.5) is 8.78 Å². The molecule has 78 valence electrons. The van der Waals surface area contributed by atoms with Crippen molar-refractivity contribution in [2.24, 2.45) is 0 Å². The van der Waals surface area contributed by atoms with E-state index in [1.807, 2.05) is 0 Å². The number of nitrogens with zero attached hydrogens (tertiary/aromatic N) is 3. The fraction of sp³-hybridized carbons (Fsp3) is 0.333. The van der Waals surface area contributed by atoms with Crippen LogP contribution in [0.3, 0.4) is 0 Å². The molecular formula is C9H7F2N3S. The molecule has 0 unspecified atom stereocenters. The molecule has 0 aliphatic heterocycles. The Morgan fingerprint density at radius 1 is 1.47 bits per heavy atom. The second kappa shape index (κ2) is 2.85. The molecule has 0 fully saturated rings. The van der Waals surface area contributed by atoms with Gasteiger partial charge in [-0.3, -0.25) is 0 Å². The van der Waals surface area contributed by atoms with Crippen LogP contribution in [0.25, 0.3) is 5.13 Å². The number of thiazole rings is 1. The number of hydrogen-bond acceptors (Lipinski definition) is 3. The van der Waals surface area contributed by atoms with Gasteiger partial charge in [-0.15, -0.1) is 11.3 Å². The van der Waals surface area contributed by atoms with Crippen LogP contribution in [-0.4, -0.2) is 14.8 Å². The highest BCUT2D eigenvalue weighted by Gasteiger charge is 2.43. The summed E-state index contributed by atoms with van der Waals surface area (Å²) < 4.78 is 28.3. The quantitative estimate of drug-likeness (QED) is 0.748. The van der Waals surface area contributed by atoms with E-state index in [1.54, 1.807) is 11.6 Å². The van der Waals surface area contributed by atoms with Gasteiger partial charge in [-0.25, -0.2) is 9.67 Å². The van der Waals surface area contributed by atoms with E-state index in [-0.39, 0.29) is 12.1 Å². The van der Waals surface area contributed by atoms with Crippen molar-refractivity contribution < 1.29 is 8.78 Å². The summed E-state index contributed by atoms with van der Waals surface area (Å²) in [6, 6.07) is 0. The van der Waals surface area contributed by atoms with Crippen LogP contribution < -0.4 is 0 Å². The Balaban J connectivity index is 2.20. The van der Waals surface area contributed by atoms with Gasteiger partial charge in [0.15, 0.2) is 0 Å². The summed E-state index contributed by atoms with van der Waals surface area (Å²) in [5.74, 6) is -2.77. The average molecular weight is 227 g/mol. The monoisotopic (exact) mass is 227 g/mol. The summed E-state index contributed by atoms with van der Waals surface area (Å²) in [6.07, 6.45) is 3.37. The van der Waals surface area contributed by atoms with Crippen molar-refractivity contribution in [1.29, 1.82) is 0 Å². The van der Waals surface area contributed by atoms with Crippen molar-refractivity contribution in [2.75, 3.05) is 0 Å². The summed E-state index contributed by atoms with van der Waals surface area (Å²) in [6.45, 7) is 0. The zero-order valence-electron chi connectivity index (χ0n) is 7.65. The Morgan fingerprint density at radius 3 is 3.07 bits per heavy atom. The first-order valence-electron chi connectivity index (χ1n) is 4.53. The van der Waals surface area contributed by atoms with Gasteiger partial charge in [0.25, 0.3) is 5.92 Å². The molecule has 1 aliphatic rings. The van der Waals surface area contributed by atoms with E-state index in [1.165, 1.54) is 22.2 Å². The van der Waals surface area contributed by atoms with E-state index in [2.05, 4.69) is 10.1 Å². The third-order valence-electron chi connectivity index (χ3n) is 2.50. The van der Waals surface area contributed by atoms with Gasteiger partial charge in [-0.05, 0) is 6.42 Å². The normalized spacial score (nSPS) is 18.0. The third-order valence-corrected chi connectivity index (χ3v) is 3.25. The maximum Gasteiger partial charge on any atom is 0.290 e. The molecule has 15 heavy (non-hydrogen) atoms. The minimum absolute atomic E-state index is 0.0115. The number of fused-ring (bicyclic) bond motifs is 1. The Morgan fingerprint density at radius 2 is 2.33 bits per heavy atom. The summed E-state index contributed by atoms with van der Waals surface area (Å²) in [4.78, 5) is 3.99. The Labute approximate surface area is 88.4 Å². The van der Waals surface area contributed by atoms with Gasteiger partial charge in [0.2, 0.25) is 5.13 Å². The first kappa shape index (κ1) is 8.96. The van der Waals surface area contributed by atoms with Crippen LogP contribution in [0.2, 0.25) is 0 Å². The van der Waals surface area contributed by atoms with Crippen LogP contribution in [0, 0.1) is 0 Å². The van der Waals surface area contributed by atoms with Gasteiger partial charge in [-0.2, -0.15) is 13.9 Å². The van der Waals surface area contributed by atoms with Gasteiger partial charge in [-0.1, -0.05) is 0 Å². The number of aromatic nitrogens is 3. The van der Waals surface area contributed by atoms with E-state index >= 15 is 0 Å². The first-order valence-corrected chi connectivity index (χ1v) is 5.41. The zero-order chi connectivity index (χ0) is 10.5. The molecule has 6 heteroatoms. The molecule has 3 rings (SSSR count). The largest absolute Gasteiger partial charge is 0.290 e. The molecule has 0 aromatic carbocycles. The number of alkyl halides is 2. The molecule has 1 aliphatic carbocycles. The lowest BCUT2D eigenvalue weighted by Crippen LogP contribution is -2.15. The predicted octanol–water partition coefficient (Wildman–Crippen LogP) is 2.37. The van der Waals surface area contributed by atoms with Gasteiger partial charge in [0.1, 0.15) is 5.69 Å². The maximum atomic E-state index is 13.5. The number of hydrogen-bond donors (Lipinski definition) is 0. The SMILES string of the molecule is FC1(F)CCc2cnn(-c3nccs3)c21. The van der Waals surface area contributed by atoms with Crippen molar-refractivity contribution in [3.8, 4) is 5.13 Å². The lowest BCUT2D eigenvalue weighted by Gasteiger charge is -2.10. The van der Waals surface area contributed by atoms with E-state index in [4.69, 9.17) is 0 Å². The second-order valence-electron chi connectivity index (χ2n) is 3.45. The molecule has 0 N–H and O–H groups in total. The Bertz CT molecular complexity index is 489. The van der Waals surface area contributed by atoms with E-state index in [0.717, 1.165) is 0 Å². The van der Waals surface area contributed by atoms with Crippen LogP contribution in [-0.2, 0) is 12.3 Å². The average Bonchev–Trinajstić information content (AvgIpc) is 2.85. The minimum atomic E-state index is -2.77. The molecule has 0 amide bonds. The van der Waals surface area contributed by atoms with E-state index in [0.29, 0.717) is 17.1 Å². The molecule has 0 bridgehead atoms. The fourth-order valence-corrected chi connectivity index (χ4v) is 2.43. The number of rotatable bonds is 1. The number of aryl methyl sites for hydroxylation is 1. The second-order valence-corrected chi connectivity index (χ2v) is 4.32. The van der Waals surface area contributed by atoms with Gasteiger partial charge < -0.3 is 0 Å². The summed E-state index contributed by atoms with van der Waals surface area (Å²) in [5, 5.41) is 6.21. The molecule has 0 atom stereocenters. The molecule has 2 aromatic rings. The standard InChI is InChI=1S/C9H7F2N3S/c10-9(11)2-1-6-5-13-14(7(6)9)8-12-3-4-15-8/h3-5H,1-2H2. The molecule has 3 nitrogen and oxygen atoms in total. The van der Waals surface area contributed by atoms with Crippen molar-refractivity contribution in [2.45, 2.75) is 18.8 Å². The van der Waals surface area contributed by atoms with Gasteiger partial charge in [0, 0.05) is 23.6 Å². The highest BCUT2D eigenvalue weighted by atomic mass is 32.1. The Hall–Kier alpha value is -1.30. The van der Waals surface area contributed by atoms with Crippen molar-refractivity contribution in [3.05, 3.63) is 29.0 Å². The van der Waals surface area contributed by atoms with Crippen LogP contribution >= 0.6 is 11.3 Å². The maximum absolute atomic E-state index is 13.5. The first-order chi connectivity index (χ1) is 7.18. The number of halogens is 2. The highest BCUT2D eigenvalue weighted by Crippen LogP contribution is 2.42. The van der Waals surface area contributed by atoms with E-state index in [9.17, 15) is 8.78 Å². The predicted molar refractivity (Wildman–Crippen MR) is 51.5 cm³/mol. The lowest BCUT2D eigenvalue weighted by atomic mass is 10.3. The smallest absolute Gasteiger partial charge is 0.227 e. The molecule has 2 aromatic heterocycles. The third kappa shape index (κ3) is 1.21. The van der Waals surface area contributed by atoms with Crippen molar-refractivity contribution in [3.63, 3.8) is 0 Å². The molecule has 0 saturated heterocycles. The fourth-order valence-electron chi connectivity index (χ4n) is 1.83. The van der Waals surface area contributed by atoms with Crippen LogP contribution in [0.1, 0.15) is 17.7 Å². The van der Waals surface area contributed by atoms with Gasteiger partial charge in [0.05, 0.1) is 6.20 Å². The summed E-state index contributed by atoms with van der Waals surface area (Å²) in [5.41, 5.74) is 0.646. The molecule has 0 spiro atoms. The molecule has 0 radical (unpaired) electrons. The van der Waals surface area contributed by atoms with Crippen LogP contribution in [0.15, 0.2) is 17.8 Å². The molecular weight excluding hydrogens is 220 g/mol. The van der Waals surface area contributed by atoms with Gasteiger partial charge >= 0.3 is 0 Å². The highest BCUT2D eigenvalue weighted by molar-refractivity contribution is 7.12. The molecule has 2 heterocycles. The summed E-state index contributed by atoms with van der Waals surface area (Å²) in [7, 11) is 0. The zero-order valence-corrected chi connectivity index (χ0v) is 8.47. The molecule has 0 saturated carbocycles. The van der Waals surface area contributed by atoms with E-state index < -0.39 is 5.92 Å². The lowest BCUT2D eigenvalue weighted by molar-refractivity contribution is -0.00865. The topological polar surface area (TPSA) is 30.7 Å². The van der Waals surface area contributed by atoms with Crippen LogP contribution in [0.5, 0.6) is 0 Å². The minimum Gasteiger partial charge on any atom is -0.227 e. The van der Waals surface area contributed by atoms with Crippen molar-refractivity contribution >= 4 is 11.3 Å². The Kier molecular flexibility index (Phi) is 1.70. The van der Waals surface area contributed by atoms with Crippen molar-refractivity contribution in [1.82, 2.24) is 14.8 Å².